The van der Waals surface area contributed by atoms with E-state index >= 15 is 0 Å². The van der Waals surface area contributed by atoms with Crippen LogP contribution in [-0.2, 0) is 0 Å². The molecule has 0 amide bonds. The van der Waals surface area contributed by atoms with E-state index in [9.17, 15) is 4.79 Å². The van der Waals surface area contributed by atoms with Gasteiger partial charge in [-0.3, -0.25) is 9.78 Å². The molecule has 1 aromatic rings. The Hall–Kier alpha value is -1.14. The SMILES string of the molecule is C#CC(=O)c1ccc(Br)cn1. The molecule has 1 heterocycles. The number of nitrogens with zero attached hydrogens (tertiary/aromatic N) is 1. The molecular formula is C8H4BrNO. The summed E-state index contributed by atoms with van der Waals surface area (Å²) in [6.45, 7) is 0. The van der Waals surface area contributed by atoms with Crippen LogP contribution in [0.25, 0.3) is 0 Å². The van der Waals surface area contributed by atoms with Crippen molar-refractivity contribution in [3.05, 3.63) is 28.5 Å². The Morgan fingerprint density at radius 3 is 2.82 bits per heavy atom. The average molecular weight is 210 g/mol. The maximum absolute atomic E-state index is 10.8. The van der Waals surface area contributed by atoms with Crippen molar-refractivity contribution >= 4 is 21.7 Å². The van der Waals surface area contributed by atoms with Gasteiger partial charge in [0, 0.05) is 10.7 Å². The summed E-state index contributed by atoms with van der Waals surface area (Å²) in [6.07, 6.45) is 6.42. The Morgan fingerprint density at radius 1 is 1.64 bits per heavy atom. The standard InChI is InChI=1S/C8H4BrNO/c1-2-8(11)7-4-3-6(9)5-10-7/h1,3-5H. The summed E-state index contributed by atoms with van der Waals surface area (Å²) < 4.78 is 0.825. The quantitative estimate of drug-likeness (QED) is 0.400. The van der Waals surface area contributed by atoms with Crippen LogP contribution < -0.4 is 0 Å². The summed E-state index contributed by atoms with van der Waals surface area (Å²) >= 11 is 3.19. The monoisotopic (exact) mass is 209 g/mol. The minimum absolute atomic E-state index is 0.302. The summed E-state index contributed by atoms with van der Waals surface area (Å²) in [5.74, 6) is 1.59. The van der Waals surface area contributed by atoms with Crippen LogP contribution in [0, 0.1) is 12.3 Å². The van der Waals surface area contributed by atoms with E-state index in [0.717, 1.165) is 4.47 Å². The largest absolute Gasteiger partial charge is 0.277 e. The topological polar surface area (TPSA) is 30.0 Å². The van der Waals surface area contributed by atoms with Crippen molar-refractivity contribution < 1.29 is 4.79 Å². The molecule has 1 aromatic heterocycles. The Balaban J connectivity index is 3.01. The third-order valence-electron chi connectivity index (χ3n) is 1.09. The van der Waals surface area contributed by atoms with Gasteiger partial charge in [0.15, 0.2) is 0 Å². The van der Waals surface area contributed by atoms with Crippen molar-refractivity contribution in [1.82, 2.24) is 4.98 Å². The number of terminal acetylenes is 1. The lowest BCUT2D eigenvalue weighted by Gasteiger charge is -1.91. The number of aromatic nitrogens is 1. The molecule has 0 saturated carbocycles. The highest BCUT2D eigenvalue weighted by molar-refractivity contribution is 9.10. The molecule has 0 unspecified atom stereocenters. The molecule has 2 nitrogen and oxygen atoms in total. The Morgan fingerprint density at radius 2 is 2.36 bits per heavy atom. The second kappa shape index (κ2) is 3.31. The van der Waals surface area contributed by atoms with Gasteiger partial charge in [0.1, 0.15) is 5.69 Å². The predicted molar refractivity (Wildman–Crippen MR) is 45.1 cm³/mol. The van der Waals surface area contributed by atoms with Crippen LogP contribution in [0.5, 0.6) is 0 Å². The Bertz CT molecular complexity index is 310. The van der Waals surface area contributed by atoms with Gasteiger partial charge in [0.05, 0.1) is 0 Å². The molecule has 0 aliphatic carbocycles. The average Bonchev–Trinajstić information content (AvgIpc) is 2.05. The number of carbonyl (C=O) groups excluding carboxylic acids is 1. The van der Waals surface area contributed by atoms with Gasteiger partial charge in [-0.05, 0) is 34.0 Å². The maximum Gasteiger partial charge on any atom is 0.253 e. The maximum atomic E-state index is 10.8. The Kier molecular flexibility index (Phi) is 2.40. The Labute approximate surface area is 72.8 Å². The highest BCUT2D eigenvalue weighted by Gasteiger charge is 2.01. The molecule has 0 N–H and O–H groups in total. The van der Waals surface area contributed by atoms with Crippen molar-refractivity contribution in [2.45, 2.75) is 0 Å². The lowest BCUT2D eigenvalue weighted by molar-refractivity contribution is 0.105. The fourth-order valence-corrected chi connectivity index (χ4v) is 0.819. The third kappa shape index (κ3) is 1.89. The number of pyridine rings is 1. The minimum Gasteiger partial charge on any atom is -0.277 e. The minimum atomic E-state index is -0.391. The predicted octanol–water partition coefficient (Wildman–Crippen LogP) is 1.66. The number of hydrogen-bond acceptors (Lipinski definition) is 2. The van der Waals surface area contributed by atoms with E-state index < -0.39 is 5.78 Å². The third-order valence-corrected chi connectivity index (χ3v) is 1.56. The molecule has 0 saturated heterocycles. The molecule has 54 valence electrons. The second-order valence-electron chi connectivity index (χ2n) is 1.84. The van der Waals surface area contributed by atoms with Crippen LogP contribution in [0.3, 0.4) is 0 Å². The van der Waals surface area contributed by atoms with Gasteiger partial charge in [-0.2, -0.15) is 0 Å². The number of hydrogen-bond donors (Lipinski definition) is 0. The first kappa shape index (κ1) is 7.96. The molecule has 0 bridgehead atoms. The van der Waals surface area contributed by atoms with Crippen LogP contribution in [-0.4, -0.2) is 10.8 Å². The van der Waals surface area contributed by atoms with E-state index in [0.29, 0.717) is 5.69 Å². The zero-order chi connectivity index (χ0) is 8.27. The molecule has 11 heavy (non-hydrogen) atoms. The zero-order valence-electron chi connectivity index (χ0n) is 5.54. The smallest absolute Gasteiger partial charge is 0.253 e. The lowest BCUT2D eigenvalue weighted by Crippen LogP contribution is -1.96. The first-order chi connectivity index (χ1) is 5.24. The van der Waals surface area contributed by atoms with E-state index in [4.69, 9.17) is 6.42 Å². The molecule has 0 aliphatic heterocycles. The molecule has 0 atom stereocenters. The van der Waals surface area contributed by atoms with Gasteiger partial charge >= 0.3 is 0 Å². The van der Waals surface area contributed by atoms with Crippen LogP contribution in [0.2, 0.25) is 0 Å². The number of Topliss-reactive ketones (excluding diaryl/α,β-unsaturated/α-hetero) is 1. The van der Waals surface area contributed by atoms with Crippen LogP contribution >= 0.6 is 15.9 Å². The lowest BCUT2D eigenvalue weighted by atomic mass is 10.3. The van der Waals surface area contributed by atoms with Crippen LogP contribution in [0.4, 0.5) is 0 Å². The molecule has 0 aromatic carbocycles. The van der Waals surface area contributed by atoms with Crippen molar-refractivity contribution in [2.75, 3.05) is 0 Å². The highest BCUT2D eigenvalue weighted by Crippen LogP contribution is 2.07. The van der Waals surface area contributed by atoms with Crippen molar-refractivity contribution in [2.24, 2.45) is 0 Å². The van der Waals surface area contributed by atoms with Crippen LogP contribution in [0.1, 0.15) is 10.5 Å². The first-order valence-electron chi connectivity index (χ1n) is 2.86. The number of rotatable bonds is 1. The van der Waals surface area contributed by atoms with Gasteiger partial charge in [-0.15, -0.1) is 6.42 Å². The molecule has 0 radical (unpaired) electrons. The van der Waals surface area contributed by atoms with Crippen molar-refractivity contribution in [3.63, 3.8) is 0 Å². The first-order valence-corrected chi connectivity index (χ1v) is 3.66. The molecule has 1 rings (SSSR count). The molecular weight excluding hydrogens is 206 g/mol. The summed E-state index contributed by atoms with van der Waals surface area (Å²) in [6, 6.07) is 3.30. The molecule has 0 fully saturated rings. The van der Waals surface area contributed by atoms with Gasteiger partial charge in [0.2, 0.25) is 0 Å². The fourth-order valence-electron chi connectivity index (χ4n) is 0.584. The van der Waals surface area contributed by atoms with E-state index in [2.05, 4.69) is 20.9 Å². The van der Waals surface area contributed by atoms with E-state index in [1.54, 1.807) is 12.1 Å². The zero-order valence-corrected chi connectivity index (χ0v) is 7.13. The number of halogens is 1. The number of carbonyl (C=O) groups is 1. The summed E-state index contributed by atoms with van der Waals surface area (Å²) in [4.78, 5) is 14.6. The fraction of sp³-hybridized carbons (Fsp3) is 0. The van der Waals surface area contributed by atoms with Gasteiger partial charge < -0.3 is 0 Å². The van der Waals surface area contributed by atoms with E-state index in [-0.39, 0.29) is 0 Å². The van der Waals surface area contributed by atoms with Gasteiger partial charge in [0.25, 0.3) is 5.78 Å². The van der Waals surface area contributed by atoms with E-state index in [1.165, 1.54) is 6.20 Å². The second-order valence-corrected chi connectivity index (χ2v) is 2.75. The van der Waals surface area contributed by atoms with Gasteiger partial charge in [-0.1, -0.05) is 0 Å². The van der Waals surface area contributed by atoms with E-state index in [1.807, 2.05) is 5.92 Å². The van der Waals surface area contributed by atoms with Gasteiger partial charge in [-0.25, -0.2) is 0 Å². The summed E-state index contributed by atoms with van der Waals surface area (Å²) in [5, 5.41) is 0. The van der Waals surface area contributed by atoms with Crippen LogP contribution in [0.15, 0.2) is 22.8 Å². The highest BCUT2D eigenvalue weighted by atomic mass is 79.9. The van der Waals surface area contributed by atoms with Crippen molar-refractivity contribution in [3.8, 4) is 12.3 Å². The molecule has 3 heteroatoms. The molecule has 0 aliphatic rings. The summed E-state index contributed by atoms with van der Waals surface area (Å²) in [7, 11) is 0. The molecule has 0 spiro atoms. The summed E-state index contributed by atoms with van der Waals surface area (Å²) in [5.41, 5.74) is 0.302. The van der Waals surface area contributed by atoms with Crippen molar-refractivity contribution in [1.29, 1.82) is 0 Å². The normalized spacial score (nSPS) is 8.73. The number of ketones is 1.